The molecule has 1 aliphatic rings. The number of nitrogens with zero attached hydrogens (tertiary/aromatic N) is 2. The lowest BCUT2D eigenvalue weighted by Gasteiger charge is -2.15. The Bertz CT molecular complexity index is 1440. The minimum atomic E-state index is -0.621. The van der Waals surface area contributed by atoms with Gasteiger partial charge in [0.15, 0.2) is 0 Å². The molecule has 0 aliphatic carbocycles. The van der Waals surface area contributed by atoms with E-state index in [4.69, 9.17) is 16.0 Å². The summed E-state index contributed by atoms with van der Waals surface area (Å²) in [5, 5.41) is 13.5. The number of hydrogen-bond acceptors (Lipinski definition) is 7. The standard InChI is InChI=1S/C25H20ClN3O6S/c1-13-8-14(2)23(15(3)9-13)27-22(30)12-28-24(31)21(36-25(28)32)11-17-5-7-20(35-17)18-10-16(29(33)34)4-6-19(18)26/h4-11H,12H2,1-3H3,(H,27,30)/b21-11+. The quantitative estimate of drug-likeness (QED) is 0.234. The minimum absolute atomic E-state index is 0.0848. The van der Waals surface area contributed by atoms with Gasteiger partial charge in [-0.25, -0.2) is 0 Å². The summed E-state index contributed by atoms with van der Waals surface area (Å²) in [4.78, 5) is 49.4. The van der Waals surface area contributed by atoms with Crippen molar-refractivity contribution in [2.75, 3.05) is 11.9 Å². The molecule has 4 rings (SSSR count). The molecule has 184 valence electrons. The Kier molecular flexibility index (Phi) is 7.00. The Morgan fingerprint density at radius 3 is 2.50 bits per heavy atom. The van der Waals surface area contributed by atoms with Crippen LogP contribution < -0.4 is 5.32 Å². The Hall–Kier alpha value is -3.89. The zero-order valence-electron chi connectivity index (χ0n) is 19.5. The van der Waals surface area contributed by atoms with E-state index in [1.807, 2.05) is 32.9 Å². The Morgan fingerprint density at radius 1 is 1.14 bits per heavy atom. The number of furan rings is 1. The minimum Gasteiger partial charge on any atom is -0.457 e. The molecular weight excluding hydrogens is 506 g/mol. The first-order valence-electron chi connectivity index (χ1n) is 10.7. The van der Waals surface area contributed by atoms with E-state index in [0.29, 0.717) is 23.0 Å². The number of aryl methyl sites for hydroxylation is 3. The van der Waals surface area contributed by atoms with Gasteiger partial charge in [0.2, 0.25) is 5.91 Å². The van der Waals surface area contributed by atoms with Gasteiger partial charge in [-0.3, -0.25) is 29.4 Å². The normalized spacial score (nSPS) is 14.6. The van der Waals surface area contributed by atoms with Crippen LogP contribution >= 0.6 is 23.4 Å². The Morgan fingerprint density at radius 2 is 1.83 bits per heavy atom. The lowest BCUT2D eigenvalue weighted by atomic mass is 10.1. The second kappa shape index (κ2) is 10.00. The van der Waals surface area contributed by atoms with Gasteiger partial charge in [0.05, 0.1) is 14.9 Å². The van der Waals surface area contributed by atoms with E-state index < -0.39 is 28.5 Å². The van der Waals surface area contributed by atoms with Crippen LogP contribution in [-0.4, -0.2) is 33.4 Å². The van der Waals surface area contributed by atoms with Crippen molar-refractivity contribution >= 4 is 57.9 Å². The fourth-order valence-corrected chi connectivity index (χ4v) is 4.89. The summed E-state index contributed by atoms with van der Waals surface area (Å²) in [6, 6.07) is 10.9. The van der Waals surface area contributed by atoms with Crippen molar-refractivity contribution in [3.8, 4) is 11.3 Å². The highest BCUT2D eigenvalue weighted by Crippen LogP contribution is 2.36. The van der Waals surface area contributed by atoms with Crippen molar-refractivity contribution < 1.29 is 23.7 Å². The van der Waals surface area contributed by atoms with E-state index in [0.717, 1.165) is 21.6 Å². The highest BCUT2D eigenvalue weighted by Gasteiger charge is 2.36. The summed E-state index contributed by atoms with van der Waals surface area (Å²) in [6.07, 6.45) is 1.38. The molecule has 1 saturated heterocycles. The molecule has 9 nitrogen and oxygen atoms in total. The number of halogens is 1. The average molecular weight is 526 g/mol. The second-order valence-corrected chi connectivity index (χ2v) is 9.61. The van der Waals surface area contributed by atoms with Crippen LogP contribution in [-0.2, 0) is 9.59 Å². The Labute approximate surface area is 215 Å². The number of carbonyl (C=O) groups excluding carboxylic acids is 3. The van der Waals surface area contributed by atoms with Crippen molar-refractivity contribution in [2.24, 2.45) is 0 Å². The summed E-state index contributed by atoms with van der Waals surface area (Å²) < 4.78 is 5.70. The van der Waals surface area contributed by atoms with Crippen molar-refractivity contribution in [3.63, 3.8) is 0 Å². The highest BCUT2D eigenvalue weighted by atomic mass is 35.5. The summed E-state index contributed by atoms with van der Waals surface area (Å²) in [5.41, 5.74) is 3.64. The van der Waals surface area contributed by atoms with Crippen LogP contribution in [0.5, 0.6) is 0 Å². The SMILES string of the molecule is Cc1cc(C)c(NC(=O)CN2C(=O)S/C(=C/c3ccc(-c4cc([N+](=O)[O-])ccc4Cl)o3)C2=O)c(C)c1. The van der Waals surface area contributed by atoms with Gasteiger partial charge < -0.3 is 9.73 Å². The summed E-state index contributed by atoms with van der Waals surface area (Å²) >= 11 is 6.86. The van der Waals surface area contributed by atoms with Gasteiger partial charge in [-0.15, -0.1) is 0 Å². The molecule has 3 aromatic rings. The summed E-state index contributed by atoms with van der Waals surface area (Å²) in [7, 11) is 0. The third kappa shape index (κ3) is 5.19. The van der Waals surface area contributed by atoms with Crippen LogP contribution in [0.25, 0.3) is 17.4 Å². The summed E-state index contributed by atoms with van der Waals surface area (Å²) in [6.45, 7) is 5.27. The first kappa shape index (κ1) is 25.2. The predicted octanol–water partition coefficient (Wildman–Crippen LogP) is 6.11. The average Bonchev–Trinajstić information content (AvgIpc) is 3.36. The van der Waals surface area contributed by atoms with Crippen LogP contribution in [0, 0.1) is 30.9 Å². The van der Waals surface area contributed by atoms with E-state index >= 15 is 0 Å². The number of benzene rings is 2. The van der Waals surface area contributed by atoms with Crippen LogP contribution in [0.2, 0.25) is 5.02 Å². The van der Waals surface area contributed by atoms with E-state index in [-0.39, 0.29) is 27.1 Å². The molecule has 1 fully saturated rings. The number of anilines is 1. The number of nitro benzene ring substituents is 1. The molecule has 11 heteroatoms. The van der Waals surface area contributed by atoms with E-state index in [2.05, 4.69) is 5.32 Å². The maximum atomic E-state index is 12.8. The number of amides is 3. The third-order valence-corrected chi connectivity index (χ3v) is 6.68. The van der Waals surface area contributed by atoms with E-state index in [1.165, 1.54) is 24.3 Å². The number of imide groups is 1. The zero-order valence-corrected chi connectivity index (χ0v) is 21.0. The van der Waals surface area contributed by atoms with Crippen molar-refractivity contribution in [2.45, 2.75) is 20.8 Å². The third-order valence-electron chi connectivity index (χ3n) is 5.44. The lowest BCUT2D eigenvalue weighted by Crippen LogP contribution is -2.36. The van der Waals surface area contributed by atoms with E-state index in [9.17, 15) is 24.5 Å². The predicted molar refractivity (Wildman–Crippen MR) is 138 cm³/mol. The number of hydrogen-bond donors (Lipinski definition) is 1. The molecule has 36 heavy (non-hydrogen) atoms. The molecule has 0 unspecified atom stereocenters. The number of nitro groups is 1. The molecule has 0 bridgehead atoms. The van der Waals surface area contributed by atoms with E-state index in [1.54, 1.807) is 12.1 Å². The second-order valence-electron chi connectivity index (χ2n) is 8.21. The molecule has 0 saturated carbocycles. The lowest BCUT2D eigenvalue weighted by molar-refractivity contribution is -0.384. The maximum Gasteiger partial charge on any atom is 0.294 e. The highest BCUT2D eigenvalue weighted by molar-refractivity contribution is 8.18. The molecule has 1 N–H and O–H groups in total. The van der Waals surface area contributed by atoms with Crippen LogP contribution in [0.4, 0.5) is 16.2 Å². The molecule has 1 aliphatic heterocycles. The van der Waals surface area contributed by atoms with Crippen LogP contribution in [0.3, 0.4) is 0 Å². The maximum absolute atomic E-state index is 12.8. The van der Waals surface area contributed by atoms with Gasteiger partial charge in [0, 0.05) is 29.5 Å². The molecule has 1 aromatic heterocycles. The monoisotopic (exact) mass is 525 g/mol. The smallest absolute Gasteiger partial charge is 0.294 e. The molecule has 0 atom stereocenters. The number of rotatable bonds is 6. The number of thioether (sulfide) groups is 1. The largest absolute Gasteiger partial charge is 0.457 e. The molecule has 0 radical (unpaired) electrons. The molecule has 2 heterocycles. The Balaban J connectivity index is 1.50. The van der Waals surface area contributed by atoms with Gasteiger partial charge >= 0.3 is 0 Å². The molecule has 3 amide bonds. The molecular formula is C25H20ClN3O6S. The first-order chi connectivity index (χ1) is 17.0. The van der Waals surface area contributed by atoms with Crippen LogP contribution in [0.1, 0.15) is 22.5 Å². The van der Waals surface area contributed by atoms with Gasteiger partial charge in [-0.2, -0.15) is 0 Å². The zero-order chi connectivity index (χ0) is 26.1. The number of carbonyl (C=O) groups is 3. The first-order valence-corrected chi connectivity index (χ1v) is 11.9. The molecule has 0 spiro atoms. The van der Waals surface area contributed by atoms with Gasteiger partial charge in [0.25, 0.3) is 16.8 Å². The van der Waals surface area contributed by atoms with Crippen molar-refractivity contribution in [1.29, 1.82) is 0 Å². The van der Waals surface area contributed by atoms with Crippen LogP contribution in [0.15, 0.2) is 51.8 Å². The topological polar surface area (TPSA) is 123 Å². The number of non-ortho nitro benzene ring substituents is 1. The molecule has 2 aromatic carbocycles. The summed E-state index contributed by atoms with van der Waals surface area (Å²) in [5.74, 6) is -0.608. The van der Waals surface area contributed by atoms with Gasteiger partial charge in [0.1, 0.15) is 18.1 Å². The fraction of sp³-hybridized carbons (Fsp3) is 0.160. The van der Waals surface area contributed by atoms with Crippen molar-refractivity contribution in [3.05, 3.63) is 85.0 Å². The van der Waals surface area contributed by atoms with Gasteiger partial charge in [-0.1, -0.05) is 29.3 Å². The fourth-order valence-electron chi connectivity index (χ4n) is 3.86. The van der Waals surface area contributed by atoms with Crippen molar-refractivity contribution in [1.82, 2.24) is 4.90 Å². The van der Waals surface area contributed by atoms with Gasteiger partial charge in [-0.05, 0) is 61.9 Å². The number of nitrogens with one attached hydrogen (secondary N) is 1.